The highest BCUT2D eigenvalue weighted by Crippen LogP contribution is 2.27. The third-order valence-electron chi connectivity index (χ3n) is 4.07. The van der Waals surface area contributed by atoms with E-state index < -0.39 is 12.8 Å². The third kappa shape index (κ3) is 3.68. The Balaban J connectivity index is 1.73. The predicted molar refractivity (Wildman–Crippen MR) is 85.9 cm³/mol. The first-order chi connectivity index (χ1) is 12.3. The quantitative estimate of drug-likeness (QED) is 0.764. The number of benzene rings is 1. The Labute approximate surface area is 147 Å². The van der Waals surface area contributed by atoms with E-state index in [2.05, 4.69) is 4.98 Å². The number of alkyl halides is 3. The van der Waals surface area contributed by atoms with Crippen LogP contribution in [0.15, 0.2) is 30.5 Å². The fourth-order valence-corrected chi connectivity index (χ4v) is 2.89. The van der Waals surface area contributed by atoms with Gasteiger partial charge in [-0.2, -0.15) is 13.2 Å². The summed E-state index contributed by atoms with van der Waals surface area (Å²) in [7, 11) is 0. The Morgan fingerprint density at radius 1 is 1.31 bits per heavy atom. The van der Waals surface area contributed by atoms with Gasteiger partial charge in [-0.1, -0.05) is 12.1 Å². The lowest BCUT2D eigenvalue weighted by Crippen LogP contribution is -2.23. The minimum absolute atomic E-state index is 0.148. The van der Waals surface area contributed by atoms with Crippen LogP contribution in [-0.4, -0.2) is 34.9 Å². The first-order valence-electron chi connectivity index (χ1n) is 7.80. The van der Waals surface area contributed by atoms with Gasteiger partial charge in [0.15, 0.2) is 12.9 Å². The summed E-state index contributed by atoms with van der Waals surface area (Å²) in [6, 6.07) is 6.33. The number of aryl methyl sites for hydroxylation is 1. The fourth-order valence-electron chi connectivity index (χ4n) is 2.89. The number of carbonyl (C=O) groups is 2. The third-order valence-corrected chi connectivity index (χ3v) is 4.07. The first-order valence-corrected chi connectivity index (χ1v) is 7.80. The van der Waals surface area contributed by atoms with E-state index >= 15 is 0 Å². The molecule has 0 spiro atoms. The maximum Gasteiger partial charge on any atom is 0.422 e. The molecule has 1 aliphatic heterocycles. The number of aldehydes is 1. The van der Waals surface area contributed by atoms with Crippen molar-refractivity contribution in [2.24, 2.45) is 0 Å². The normalized spacial score (nSPS) is 13.7. The molecule has 3 rings (SSSR count). The van der Waals surface area contributed by atoms with Gasteiger partial charge in [-0.15, -0.1) is 0 Å². The Morgan fingerprint density at radius 2 is 2.08 bits per heavy atom. The number of carbonyl (C=O) groups excluding carboxylic acids is 2. The molecule has 0 aliphatic carbocycles. The minimum atomic E-state index is -4.40. The number of hydrogen-bond donors (Lipinski definition) is 0. The Bertz CT molecular complexity index is 865. The second-order valence-electron chi connectivity index (χ2n) is 6.01. The molecule has 0 saturated heterocycles. The zero-order valence-corrected chi connectivity index (χ0v) is 13.8. The number of halogens is 3. The molecule has 26 heavy (non-hydrogen) atoms. The lowest BCUT2D eigenvalue weighted by molar-refractivity contribution is -0.153. The molecular weight excluding hydrogens is 349 g/mol. The van der Waals surface area contributed by atoms with Crippen molar-refractivity contribution in [3.05, 3.63) is 58.4 Å². The molecule has 2 heterocycles. The van der Waals surface area contributed by atoms with Crippen LogP contribution in [0, 0.1) is 6.92 Å². The molecule has 0 bridgehead atoms. The summed E-state index contributed by atoms with van der Waals surface area (Å²) < 4.78 is 41.6. The molecule has 0 N–H and O–H groups in total. The van der Waals surface area contributed by atoms with E-state index in [0.29, 0.717) is 23.0 Å². The number of amides is 1. The zero-order valence-electron chi connectivity index (χ0n) is 13.8. The highest BCUT2D eigenvalue weighted by atomic mass is 19.4. The van der Waals surface area contributed by atoms with E-state index in [0.717, 1.165) is 5.56 Å². The molecule has 136 valence electrons. The summed E-state index contributed by atoms with van der Waals surface area (Å²) in [6.07, 6.45) is -2.36. The summed E-state index contributed by atoms with van der Waals surface area (Å²) in [5.74, 6) is -0.0601. The van der Waals surface area contributed by atoms with E-state index in [1.807, 2.05) is 0 Å². The van der Waals surface area contributed by atoms with Crippen LogP contribution in [0.4, 0.5) is 13.2 Å². The lowest BCUT2D eigenvalue weighted by Gasteiger charge is -2.17. The van der Waals surface area contributed by atoms with Crippen LogP contribution in [-0.2, 0) is 13.1 Å². The SMILES string of the molecule is Cc1cc(CN2Cc3c(ccnc3C=O)C2=O)ccc1OCC(F)(F)F. The molecule has 1 aliphatic rings. The molecular formula is C18H15F3N2O3. The molecule has 0 unspecified atom stereocenters. The standard InChI is InChI=1S/C18H15F3N2O3/c1-11-6-12(2-3-16(11)26-10-18(19,20)21)7-23-8-14-13(17(23)25)4-5-22-15(14)9-24/h2-6,9H,7-8,10H2,1H3. The smallest absolute Gasteiger partial charge is 0.422 e. The van der Waals surface area contributed by atoms with Gasteiger partial charge in [0.25, 0.3) is 5.91 Å². The van der Waals surface area contributed by atoms with Gasteiger partial charge >= 0.3 is 6.18 Å². The minimum Gasteiger partial charge on any atom is -0.484 e. The molecule has 2 aromatic rings. The average Bonchev–Trinajstić information content (AvgIpc) is 2.89. The van der Waals surface area contributed by atoms with Crippen molar-refractivity contribution in [1.82, 2.24) is 9.88 Å². The molecule has 0 atom stereocenters. The number of pyridine rings is 1. The molecule has 0 saturated carbocycles. The Hall–Kier alpha value is -2.90. The number of fused-ring (bicyclic) bond motifs is 1. The number of hydrogen-bond acceptors (Lipinski definition) is 4. The molecule has 1 aromatic heterocycles. The van der Waals surface area contributed by atoms with Crippen LogP contribution in [0.3, 0.4) is 0 Å². The summed E-state index contributed by atoms with van der Waals surface area (Å²) in [6.45, 7) is 0.826. The highest BCUT2D eigenvalue weighted by Gasteiger charge is 2.30. The topological polar surface area (TPSA) is 59.5 Å². The monoisotopic (exact) mass is 364 g/mol. The molecule has 0 radical (unpaired) electrons. The first kappa shape index (κ1) is 17.9. The second kappa shape index (κ2) is 6.78. The van der Waals surface area contributed by atoms with Crippen LogP contribution in [0.5, 0.6) is 5.75 Å². The van der Waals surface area contributed by atoms with E-state index in [9.17, 15) is 22.8 Å². The van der Waals surface area contributed by atoms with Crippen molar-refractivity contribution < 1.29 is 27.5 Å². The second-order valence-corrected chi connectivity index (χ2v) is 6.01. The number of nitrogens with zero attached hydrogens (tertiary/aromatic N) is 2. The maximum atomic E-state index is 12.5. The lowest BCUT2D eigenvalue weighted by atomic mass is 10.1. The summed E-state index contributed by atoms with van der Waals surface area (Å²) in [4.78, 5) is 29.0. The van der Waals surface area contributed by atoms with Crippen LogP contribution in [0.1, 0.15) is 37.5 Å². The largest absolute Gasteiger partial charge is 0.484 e. The summed E-state index contributed by atoms with van der Waals surface area (Å²) >= 11 is 0. The maximum absolute atomic E-state index is 12.5. The highest BCUT2D eigenvalue weighted by molar-refractivity contribution is 6.00. The van der Waals surface area contributed by atoms with Crippen LogP contribution >= 0.6 is 0 Å². The molecule has 0 fully saturated rings. The summed E-state index contributed by atoms with van der Waals surface area (Å²) in [5.41, 5.74) is 2.58. The van der Waals surface area contributed by atoms with Crippen molar-refractivity contribution in [3.63, 3.8) is 0 Å². The predicted octanol–water partition coefficient (Wildman–Crippen LogP) is 3.30. The van der Waals surface area contributed by atoms with Gasteiger partial charge in [0, 0.05) is 30.4 Å². The van der Waals surface area contributed by atoms with Gasteiger partial charge in [0.05, 0.1) is 0 Å². The van der Waals surface area contributed by atoms with Crippen molar-refractivity contribution in [3.8, 4) is 5.75 Å². The van der Waals surface area contributed by atoms with Crippen molar-refractivity contribution in [2.75, 3.05) is 6.61 Å². The van der Waals surface area contributed by atoms with Gasteiger partial charge < -0.3 is 9.64 Å². The van der Waals surface area contributed by atoms with E-state index in [1.54, 1.807) is 30.0 Å². The Kier molecular flexibility index (Phi) is 4.67. The van der Waals surface area contributed by atoms with E-state index in [4.69, 9.17) is 4.74 Å². The van der Waals surface area contributed by atoms with Crippen LogP contribution < -0.4 is 4.74 Å². The number of aromatic nitrogens is 1. The van der Waals surface area contributed by atoms with Crippen molar-refractivity contribution >= 4 is 12.2 Å². The molecule has 1 amide bonds. The van der Waals surface area contributed by atoms with E-state index in [1.165, 1.54) is 12.3 Å². The zero-order chi connectivity index (χ0) is 18.9. The molecule has 8 heteroatoms. The van der Waals surface area contributed by atoms with Gasteiger partial charge in [0.2, 0.25) is 0 Å². The summed E-state index contributed by atoms with van der Waals surface area (Å²) in [5, 5.41) is 0. The van der Waals surface area contributed by atoms with Crippen molar-refractivity contribution in [1.29, 1.82) is 0 Å². The van der Waals surface area contributed by atoms with Gasteiger partial charge in [-0.25, -0.2) is 0 Å². The van der Waals surface area contributed by atoms with Crippen LogP contribution in [0.2, 0.25) is 0 Å². The Morgan fingerprint density at radius 3 is 2.73 bits per heavy atom. The molecule has 5 nitrogen and oxygen atoms in total. The number of rotatable bonds is 5. The van der Waals surface area contributed by atoms with Crippen molar-refractivity contribution in [2.45, 2.75) is 26.2 Å². The van der Waals surface area contributed by atoms with Gasteiger partial charge in [-0.3, -0.25) is 14.6 Å². The van der Waals surface area contributed by atoms with Gasteiger partial charge in [0.1, 0.15) is 11.4 Å². The fraction of sp³-hybridized carbons (Fsp3) is 0.278. The van der Waals surface area contributed by atoms with Gasteiger partial charge in [-0.05, 0) is 30.2 Å². The molecule has 1 aromatic carbocycles. The average molecular weight is 364 g/mol. The van der Waals surface area contributed by atoms with Crippen LogP contribution in [0.25, 0.3) is 0 Å². The van der Waals surface area contributed by atoms with E-state index in [-0.39, 0.29) is 30.4 Å². The number of ether oxygens (including phenoxy) is 1.